The third kappa shape index (κ3) is 4.52. The van der Waals surface area contributed by atoms with Gasteiger partial charge >= 0.3 is 0 Å². The Kier molecular flexibility index (Phi) is 6.09. The van der Waals surface area contributed by atoms with Crippen molar-refractivity contribution in [3.8, 4) is 5.75 Å². The van der Waals surface area contributed by atoms with Crippen LogP contribution in [0.1, 0.15) is 29.5 Å². The molecule has 0 spiro atoms. The van der Waals surface area contributed by atoms with Crippen molar-refractivity contribution in [2.24, 2.45) is 0 Å². The Bertz CT molecular complexity index is 1070. The molecule has 1 aliphatic heterocycles. The number of ether oxygens (including phenoxy) is 1. The van der Waals surface area contributed by atoms with Gasteiger partial charge in [-0.25, -0.2) is 4.98 Å². The molecule has 0 bridgehead atoms. The molecule has 0 radical (unpaired) electrons. The number of benzene rings is 2. The quantitative estimate of drug-likeness (QED) is 0.681. The first kappa shape index (κ1) is 20.1. The molecule has 7 heteroatoms. The molecule has 0 unspecified atom stereocenters. The minimum Gasteiger partial charge on any atom is -0.494 e. The Morgan fingerprint density at radius 1 is 1.07 bits per heavy atom. The van der Waals surface area contributed by atoms with Gasteiger partial charge in [-0.1, -0.05) is 19.1 Å². The van der Waals surface area contributed by atoms with Gasteiger partial charge in [0.05, 0.1) is 24.1 Å². The van der Waals surface area contributed by atoms with Gasteiger partial charge in [-0.15, -0.1) is 0 Å². The van der Waals surface area contributed by atoms with Crippen LogP contribution in [0.4, 0.5) is 0 Å². The van der Waals surface area contributed by atoms with E-state index in [2.05, 4.69) is 21.8 Å². The molecule has 156 valence electrons. The van der Waals surface area contributed by atoms with Gasteiger partial charge in [-0.05, 0) is 42.8 Å². The van der Waals surface area contributed by atoms with Crippen LogP contribution in [0.25, 0.3) is 10.9 Å². The smallest absolute Gasteiger partial charge is 0.258 e. The Morgan fingerprint density at radius 3 is 2.53 bits per heavy atom. The second-order valence-corrected chi connectivity index (χ2v) is 7.47. The largest absolute Gasteiger partial charge is 0.494 e. The molecule has 0 saturated carbocycles. The van der Waals surface area contributed by atoms with Crippen LogP contribution < -0.4 is 10.3 Å². The first-order chi connectivity index (χ1) is 14.6. The van der Waals surface area contributed by atoms with Crippen LogP contribution in [0.2, 0.25) is 0 Å². The summed E-state index contributed by atoms with van der Waals surface area (Å²) in [6.45, 7) is 6.05. The number of para-hydroxylation sites is 1. The lowest BCUT2D eigenvalue weighted by Crippen LogP contribution is -2.48. The van der Waals surface area contributed by atoms with E-state index in [1.165, 1.54) is 0 Å². The van der Waals surface area contributed by atoms with E-state index in [1.54, 1.807) is 6.07 Å². The monoisotopic (exact) mass is 406 g/mol. The number of hydrogen-bond acceptors (Lipinski definition) is 5. The van der Waals surface area contributed by atoms with Crippen LogP contribution in [0.15, 0.2) is 53.3 Å². The fraction of sp³-hybridized carbons (Fsp3) is 0.348. The molecular weight excluding hydrogens is 380 g/mol. The van der Waals surface area contributed by atoms with Gasteiger partial charge in [-0.3, -0.25) is 14.5 Å². The summed E-state index contributed by atoms with van der Waals surface area (Å²) >= 11 is 0. The van der Waals surface area contributed by atoms with Crippen LogP contribution in [-0.2, 0) is 6.54 Å². The number of rotatable bonds is 6. The molecule has 4 rings (SSSR count). The Balaban J connectivity index is 1.34. The van der Waals surface area contributed by atoms with Crippen LogP contribution in [0.5, 0.6) is 5.75 Å². The Hall–Kier alpha value is -3.19. The zero-order valence-corrected chi connectivity index (χ0v) is 17.1. The number of piperazine rings is 1. The molecule has 1 amide bonds. The predicted octanol–water partition coefficient (Wildman–Crippen LogP) is 2.67. The second kappa shape index (κ2) is 9.09. The van der Waals surface area contributed by atoms with Gasteiger partial charge in [0, 0.05) is 31.7 Å². The summed E-state index contributed by atoms with van der Waals surface area (Å²) in [6, 6.07) is 14.7. The molecule has 3 aromatic rings. The zero-order valence-electron chi connectivity index (χ0n) is 17.1. The molecule has 1 fully saturated rings. The molecule has 30 heavy (non-hydrogen) atoms. The van der Waals surface area contributed by atoms with E-state index in [9.17, 15) is 9.59 Å². The van der Waals surface area contributed by atoms with Crippen LogP contribution >= 0.6 is 0 Å². The number of nitrogens with one attached hydrogen (secondary N) is 1. The molecule has 1 saturated heterocycles. The van der Waals surface area contributed by atoms with Gasteiger partial charge < -0.3 is 14.6 Å². The van der Waals surface area contributed by atoms with E-state index >= 15 is 0 Å². The molecule has 7 nitrogen and oxygen atoms in total. The van der Waals surface area contributed by atoms with Gasteiger partial charge in [-0.2, -0.15) is 0 Å². The maximum atomic E-state index is 12.8. The maximum Gasteiger partial charge on any atom is 0.258 e. The lowest BCUT2D eigenvalue weighted by molar-refractivity contribution is 0.0625. The van der Waals surface area contributed by atoms with Crippen LogP contribution in [-0.4, -0.2) is 58.5 Å². The zero-order chi connectivity index (χ0) is 20.9. The topological polar surface area (TPSA) is 78.5 Å². The minimum absolute atomic E-state index is 0.0360. The number of aromatic amines is 1. The van der Waals surface area contributed by atoms with Crippen LogP contribution in [0.3, 0.4) is 0 Å². The number of carbonyl (C=O) groups is 1. The summed E-state index contributed by atoms with van der Waals surface area (Å²) < 4.78 is 5.58. The number of H-pyrrole nitrogens is 1. The molecular formula is C23H26N4O3. The number of nitrogens with zero attached hydrogens (tertiary/aromatic N) is 3. The second-order valence-electron chi connectivity index (χ2n) is 7.47. The predicted molar refractivity (Wildman–Crippen MR) is 116 cm³/mol. The summed E-state index contributed by atoms with van der Waals surface area (Å²) in [6.07, 6.45) is 0.952. The van der Waals surface area contributed by atoms with Crippen molar-refractivity contribution in [3.05, 3.63) is 70.3 Å². The summed E-state index contributed by atoms with van der Waals surface area (Å²) in [7, 11) is 0. The van der Waals surface area contributed by atoms with Gasteiger partial charge in [0.25, 0.3) is 11.5 Å². The van der Waals surface area contributed by atoms with Crippen molar-refractivity contribution in [2.45, 2.75) is 19.9 Å². The van der Waals surface area contributed by atoms with E-state index < -0.39 is 0 Å². The molecule has 1 N–H and O–H groups in total. The molecule has 0 aliphatic carbocycles. The first-order valence-corrected chi connectivity index (χ1v) is 10.4. The van der Waals surface area contributed by atoms with Gasteiger partial charge in [0.15, 0.2) is 0 Å². The third-order valence-electron chi connectivity index (χ3n) is 5.27. The van der Waals surface area contributed by atoms with E-state index in [-0.39, 0.29) is 11.5 Å². The highest BCUT2D eigenvalue weighted by atomic mass is 16.5. The lowest BCUT2D eigenvalue weighted by atomic mass is 10.1. The molecule has 0 atom stereocenters. The third-order valence-corrected chi connectivity index (χ3v) is 5.27. The van der Waals surface area contributed by atoms with Crippen molar-refractivity contribution < 1.29 is 9.53 Å². The highest BCUT2D eigenvalue weighted by molar-refractivity contribution is 5.94. The molecule has 2 aromatic carbocycles. The number of aromatic nitrogens is 2. The molecule has 1 aromatic heterocycles. The fourth-order valence-corrected chi connectivity index (χ4v) is 3.63. The molecule has 2 heterocycles. The summed E-state index contributed by atoms with van der Waals surface area (Å²) in [5.41, 5.74) is 1.26. The Labute approximate surface area is 175 Å². The van der Waals surface area contributed by atoms with Gasteiger partial charge in [0.2, 0.25) is 0 Å². The number of carbonyl (C=O) groups excluding carboxylic acids is 1. The van der Waals surface area contributed by atoms with E-state index in [1.807, 2.05) is 47.4 Å². The number of amides is 1. The first-order valence-electron chi connectivity index (χ1n) is 10.4. The minimum atomic E-state index is -0.115. The summed E-state index contributed by atoms with van der Waals surface area (Å²) in [4.78, 5) is 36.6. The van der Waals surface area contributed by atoms with E-state index in [0.29, 0.717) is 48.5 Å². The molecule has 1 aliphatic rings. The van der Waals surface area contributed by atoms with Crippen LogP contribution in [0, 0.1) is 0 Å². The van der Waals surface area contributed by atoms with Gasteiger partial charge in [0.1, 0.15) is 11.6 Å². The SMILES string of the molecule is CCCOc1ccc(C(=O)N2CCN(Cc3nc4ccccc4c(=O)[nH]3)CC2)cc1. The van der Waals surface area contributed by atoms with E-state index in [4.69, 9.17) is 4.74 Å². The Morgan fingerprint density at radius 2 is 1.80 bits per heavy atom. The average molecular weight is 406 g/mol. The number of hydrogen-bond donors (Lipinski definition) is 1. The highest BCUT2D eigenvalue weighted by Crippen LogP contribution is 2.16. The van der Waals surface area contributed by atoms with Crippen molar-refractivity contribution in [2.75, 3.05) is 32.8 Å². The fourth-order valence-electron chi connectivity index (χ4n) is 3.63. The summed E-state index contributed by atoms with van der Waals surface area (Å²) in [5, 5.41) is 0.600. The van der Waals surface area contributed by atoms with E-state index in [0.717, 1.165) is 25.3 Å². The maximum absolute atomic E-state index is 12.8. The number of fused-ring (bicyclic) bond motifs is 1. The average Bonchev–Trinajstić information content (AvgIpc) is 2.78. The van der Waals surface area contributed by atoms with Crippen molar-refractivity contribution in [1.82, 2.24) is 19.8 Å². The van der Waals surface area contributed by atoms with Crippen molar-refractivity contribution in [3.63, 3.8) is 0 Å². The van der Waals surface area contributed by atoms with Crippen molar-refractivity contribution >= 4 is 16.8 Å². The highest BCUT2D eigenvalue weighted by Gasteiger charge is 2.22. The summed E-state index contributed by atoms with van der Waals surface area (Å²) in [5.74, 6) is 1.48. The lowest BCUT2D eigenvalue weighted by Gasteiger charge is -2.34. The standard InChI is InChI=1S/C23H26N4O3/c1-2-15-30-18-9-7-17(8-10-18)23(29)27-13-11-26(12-14-27)16-21-24-20-6-4-3-5-19(20)22(28)25-21/h3-10H,2,11-16H2,1H3,(H,24,25,28). The van der Waals surface area contributed by atoms with Crippen molar-refractivity contribution in [1.29, 1.82) is 0 Å². The normalized spacial score (nSPS) is 14.8.